The van der Waals surface area contributed by atoms with Gasteiger partial charge in [0.2, 0.25) is 5.91 Å². The topological polar surface area (TPSA) is 90.5 Å². The lowest BCUT2D eigenvalue weighted by atomic mass is 9.89. The van der Waals surface area contributed by atoms with E-state index >= 15 is 0 Å². The summed E-state index contributed by atoms with van der Waals surface area (Å²) in [6.45, 7) is 0.738. The van der Waals surface area contributed by atoms with Crippen molar-refractivity contribution in [3.8, 4) is 22.6 Å². The van der Waals surface area contributed by atoms with Crippen molar-refractivity contribution in [2.24, 2.45) is 0 Å². The highest BCUT2D eigenvalue weighted by molar-refractivity contribution is 5.90. The Morgan fingerprint density at radius 3 is 2.77 bits per heavy atom. The number of carbonyl (C=O) groups excluding carboxylic acids is 1. The SMILES string of the molecule is CN(C)C/C=C/C(=O)N[C@H]1C[C@@H](Oc2cc(-c3ccc(O)cc3)cc3[nH]ncc23)C1. The largest absolute Gasteiger partial charge is 0.508 e. The number of nitrogens with one attached hydrogen (secondary N) is 2. The van der Waals surface area contributed by atoms with Gasteiger partial charge >= 0.3 is 0 Å². The van der Waals surface area contributed by atoms with Gasteiger partial charge < -0.3 is 20.1 Å². The van der Waals surface area contributed by atoms with Crippen LogP contribution < -0.4 is 10.1 Å². The summed E-state index contributed by atoms with van der Waals surface area (Å²) < 4.78 is 6.25. The number of phenolic OH excluding ortho intramolecular Hbond substituents is 1. The van der Waals surface area contributed by atoms with Gasteiger partial charge in [0.05, 0.1) is 17.1 Å². The lowest BCUT2D eigenvalue weighted by Gasteiger charge is -2.35. The van der Waals surface area contributed by atoms with Crippen LogP contribution in [0, 0.1) is 0 Å². The zero-order valence-corrected chi connectivity index (χ0v) is 17.1. The summed E-state index contributed by atoms with van der Waals surface area (Å²) in [7, 11) is 3.92. The van der Waals surface area contributed by atoms with Crippen molar-refractivity contribution in [1.29, 1.82) is 0 Å². The second kappa shape index (κ2) is 8.59. The summed E-state index contributed by atoms with van der Waals surface area (Å²) in [5, 5.41) is 20.6. The number of aromatic nitrogens is 2. The number of phenols is 1. The number of hydrogen-bond donors (Lipinski definition) is 3. The lowest BCUT2D eigenvalue weighted by Crippen LogP contribution is -2.48. The maximum absolute atomic E-state index is 12.0. The lowest BCUT2D eigenvalue weighted by molar-refractivity contribution is -0.118. The van der Waals surface area contributed by atoms with Gasteiger partial charge in [0.1, 0.15) is 17.6 Å². The number of aromatic hydroxyl groups is 1. The van der Waals surface area contributed by atoms with Gasteiger partial charge in [0.15, 0.2) is 0 Å². The number of H-pyrrole nitrogens is 1. The Labute approximate surface area is 175 Å². The fourth-order valence-corrected chi connectivity index (χ4v) is 3.52. The average Bonchev–Trinajstić information content (AvgIpc) is 3.15. The highest BCUT2D eigenvalue weighted by Crippen LogP contribution is 2.35. The zero-order chi connectivity index (χ0) is 21.1. The van der Waals surface area contributed by atoms with E-state index in [1.807, 2.05) is 49.3 Å². The fourth-order valence-electron chi connectivity index (χ4n) is 3.52. The summed E-state index contributed by atoms with van der Waals surface area (Å²) in [6, 6.07) is 11.2. The van der Waals surface area contributed by atoms with E-state index in [1.54, 1.807) is 24.4 Å². The van der Waals surface area contributed by atoms with Crippen LogP contribution in [-0.2, 0) is 4.79 Å². The van der Waals surface area contributed by atoms with Crippen molar-refractivity contribution < 1.29 is 14.6 Å². The van der Waals surface area contributed by atoms with Crippen LogP contribution in [0.4, 0.5) is 0 Å². The first kappa shape index (κ1) is 20.0. The Morgan fingerprint density at radius 2 is 2.03 bits per heavy atom. The molecule has 0 radical (unpaired) electrons. The summed E-state index contributed by atoms with van der Waals surface area (Å²) in [5.74, 6) is 0.939. The van der Waals surface area contributed by atoms with Gasteiger partial charge in [0.25, 0.3) is 0 Å². The third-order valence-electron chi connectivity index (χ3n) is 5.20. The van der Waals surface area contributed by atoms with Crippen LogP contribution in [-0.4, -0.2) is 58.9 Å². The van der Waals surface area contributed by atoms with E-state index in [4.69, 9.17) is 4.74 Å². The number of rotatable bonds is 7. The molecule has 1 heterocycles. The second-order valence-corrected chi connectivity index (χ2v) is 7.93. The minimum atomic E-state index is -0.0631. The van der Waals surface area contributed by atoms with Crippen LogP contribution in [0.2, 0.25) is 0 Å². The predicted octanol–water partition coefficient (Wildman–Crippen LogP) is 3.08. The molecule has 3 aromatic rings. The Bertz CT molecular complexity index is 1050. The van der Waals surface area contributed by atoms with E-state index in [0.29, 0.717) is 0 Å². The maximum atomic E-state index is 12.0. The van der Waals surface area contributed by atoms with Crippen LogP contribution in [0.3, 0.4) is 0 Å². The van der Waals surface area contributed by atoms with Crippen molar-refractivity contribution in [2.75, 3.05) is 20.6 Å². The average molecular weight is 406 g/mol. The molecule has 0 unspecified atom stereocenters. The highest BCUT2D eigenvalue weighted by atomic mass is 16.5. The molecule has 1 aliphatic rings. The third kappa shape index (κ3) is 4.63. The van der Waals surface area contributed by atoms with Crippen LogP contribution in [0.1, 0.15) is 12.8 Å². The van der Waals surface area contributed by atoms with Gasteiger partial charge in [-0.05, 0) is 49.5 Å². The molecule has 0 bridgehead atoms. The van der Waals surface area contributed by atoms with E-state index in [1.165, 1.54) is 0 Å². The summed E-state index contributed by atoms with van der Waals surface area (Å²) in [4.78, 5) is 14.0. The molecule has 4 rings (SSSR count). The Hall–Kier alpha value is -3.32. The molecule has 0 atom stereocenters. The second-order valence-electron chi connectivity index (χ2n) is 7.93. The molecule has 1 saturated carbocycles. The monoisotopic (exact) mass is 406 g/mol. The first-order chi connectivity index (χ1) is 14.5. The summed E-state index contributed by atoms with van der Waals surface area (Å²) >= 11 is 0. The van der Waals surface area contributed by atoms with E-state index in [-0.39, 0.29) is 23.8 Å². The molecule has 3 N–H and O–H groups in total. The van der Waals surface area contributed by atoms with E-state index in [9.17, 15) is 9.90 Å². The maximum Gasteiger partial charge on any atom is 0.243 e. The normalized spacial score (nSPS) is 18.6. The van der Waals surface area contributed by atoms with Crippen molar-refractivity contribution in [2.45, 2.75) is 25.0 Å². The van der Waals surface area contributed by atoms with Crippen LogP contribution in [0.5, 0.6) is 11.5 Å². The Morgan fingerprint density at radius 1 is 1.27 bits per heavy atom. The molecule has 0 spiro atoms. The highest BCUT2D eigenvalue weighted by Gasteiger charge is 2.32. The van der Waals surface area contributed by atoms with Gasteiger partial charge in [-0.2, -0.15) is 5.10 Å². The van der Waals surface area contributed by atoms with Crippen molar-refractivity contribution >= 4 is 16.8 Å². The molecule has 0 saturated heterocycles. The molecular formula is C23H26N4O3. The number of aromatic amines is 1. The number of amides is 1. The number of hydrogen-bond acceptors (Lipinski definition) is 5. The Kier molecular flexibility index (Phi) is 5.72. The van der Waals surface area contributed by atoms with Crippen molar-refractivity contribution in [3.63, 3.8) is 0 Å². The molecule has 30 heavy (non-hydrogen) atoms. The molecule has 1 aliphatic carbocycles. The number of ether oxygens (including phenoxy) is 1. The van der Waals surface area contributed by atoms with Crippen LogP contribution in [0.15, 0.2) is 54.7 Å². The molecular weight excluding hydrogens is 380 g/mol. The van der Waals surface area contributed by atoms with Gasteiger partial charge in [-0.3, -0.25) is 9.89 Å². The van der Waals surface area contributed by atoms with Crippen molar-refractivity contribution in [3.05, 3.63) is 54.7 Å². The Balaban J connectivity index is 1.40. The molecule has 7 heteroatoms. The smallest absolute Gasteiger partial charge is 0.243 e. The van der Waals surface area contributed by atoms with Gasteiger partial charge in [-0.1, -0.05) is 18.2 Å². The van der Waals surface area contributed by atoms with E-state index in [0.717, 1.165) is 47.2 Å². The van der Waals surface area contributed by atoms with Crippen LogP contribution >= 0.6 is 0 Å². The molecule has 0 aliphatic heterocycles. The van der Waals surface area contributed by atoms with E-state index < -0.39 is 0 Å². The number of fused-ring (bicyclic) bond motifs is 1. The molecule has 2 aromatic carbocycles. The van der Waals surface area contributed by atoms with Gasteiger partial charge in [0, 0.05) is 31.5 Å². The van der Waals surface area contributed by atoms with Gasteiger partial charge in [-0.15, -0.1) is 0 Å². The minimum absolute atomic E-state index is 0.0502. The minimum Gasteiger partial charge on any atom is -0.508 e. The number of carbonyl (C=O) groups is 1. The molecule has 7 nitrogen and oxygen atoms in total. The third-order valence-corrected chi connectivity index (χ3v) is 5.20. The first-order valence-electron chi connectivity index (χ1n) is 10.0. The molecule has 1 amide bonds. The number of benzene rings is 2. The summed E-state index contributed by atoms with van der Waals surface area (Å²) in [5.41, 5.74) is 2.86. The number of nitrogens with zero attached hydrogens (tertiary/aromatic N) is 2. The molecule has 1 aromatic heterocycles. The predicted molar refractivity (Wildman–Crippen MR) is 116 cm³/mol. The van der Waals surface area contributed by atoms with Gasteiger partial charge in [-0.25, -0.2) is 0 Å². The van der Waals surface area contributed by atoms with E-state index in [2.05, 4.69) is 15.5 Å². The molecule has 1 fully saturated rings. The molecule has 156 valence electrons. The standard InChI is InChI=1S/C23H26N4O3/c1-27(2)9-3-4-23(29)25-17-12-19(13-17)30-22-11-16(10-21-20(22)14-24-26-21)15-5-7-18(28)8-6-15/h3-8,10-11,14,17,19,28H,9,12-13H2,1-2H3,(H,24,26)(H,25,29)/b4-3+/t17-,19+. The first-order valence-corrected chi connectivity index (χ1v) is 10.0. The summed E-state index contributed by atoms with van der Waals surface area (Å²) in [6.07, 6.45) is 6.80. The fraction of sp³-hybridized carbons (Fsp3) is 0.304. The quantitative estimate of drug-likeness (QED) is 0.525. The van der Waals surface area contributed by atoms with Crippen LogP contribution in [0.25, 0.3) is 22.0 Å². The zero-order valence-electron chi connectivity index (χ0n) is 17.1. The number of likely N-dealkylation sites (N-methyl/N-ethyl adjacent to an activating group) is 1. The van der Waals surface area contributed by atoms with Crippen molar-refractivity contribution in [1.82, 2.24) is 20.4 Å².